The predicted octanol–water partition coefficient (Wildman–Crippen LogP) is 2.94. The van der Waals surface area contributed by atoms with Gasteiger partial charge in [-0.2, -0.15) is 0 Å². The van der Waals surface area contributed by atoms with Crippen LogP contribution in [0.25, 0.3) is 0 Å². The average Bonchev–Trinajstić information content (AvgIpc) is 1.98. The molecular formula is C10H23O2Si. The lowest BCUT2D eigenvalue weighted by molar-refractivity contribution is 0.144. The Bertz CT molecular complexity index is 149. The minimum Gasteiger partial charge on any atom is -0.409 e. The van der Waals surface area contributed by atoms with Crippen LogP contribution in [0.15, 0.2) is 0 Å². The molecule has 79 valence electrons. The first-order valence-electron chi connectivity index (χ1n) is 4.90. The molecular weight excluding hydrogens is 180 g/mol. The van der Waals surface area contributed by atoms with E-state index in [-0.39, 0.29) is 5.04 Å². The highest BCUT2D eigenvalue weighted by atomic mass is 28.4. The highest BCUT2D eigenvalue weighted by molar-refractivity contribution is 6.74. The molecule has 0 aromatic rings. The normalized spacial score (nSPS) is 15.9. The van der Waals surface area contributed by atoms with Crippen LogP contribution in [0.4, 0.5) is 0 Å². The molecule has 0 saturated heterocycles. The van der Waals surface area contributed by atoms with Gasteiger partial charge in [0.2, 0.25) is 0 Å². The number of hydrogen-bond donors (Lipinski definition) is 1. The standard InChI is InChI=1S/C10H23O2Si/c1-7-9(11)8-12-13(5,6)10(2,3)4/h8-9,11H,7H2,1-6H3/t9-/m1/s1. The third-order valence-electron chi connectivity index (χ3n) is 2.74. The lowest BCUT2D eigenvalue weighted by Gasteiger charge is -2.36. The van der Waals surface area contributed by atoms with Crippen LogP contribution in [0.2, 0.25) is 18.1 Å². The zero-order valence-corrected chi connectivity index (χ0v) is 10.7. The minimum atomic E-state index is -1.70. The Morgan fingerprint density at radius 3 is 2.15 bits per heavy atom. The van der Waals surface area contributed by atoms with E-state index in [0.717, 1.165) is 0 Å². The molecule has 2 nitrogen and oxygen atoms in total. The molecule has 0 bridgehead atoms. The molecule has 0 aliphatic heterocycles. The summed E-state index contributed by atoms with van der Waals surface area (Å²) in [4.78, 5) is 0. The van der Waals surface area contributed by atoms with Crippen molar-refractivity contribution in [1.82, 2.24) is 0 Å². The summed E-state index contributed by atoms with van der Waals surface area (Å²) in [5.41, 5.74) is 0. The number of aliphatic hydroxyl groups excluding tert-OH is 1. The number of rotatable bonds is 4. The maximum absolute atomic E-state index is 9.33. The Labute approximate surface area is 83.4 Å². The largest absolute Gasteiger partial charge is 0.409 e. The molecule has 0 saturated carbocycles. The van der Waals surface area contributed by atoms with Crippen molar-refractivity contribution in [3.05, 3.63) is 6.61 Å². The lowest BCUT2D eigenvalue weighted by Crippen LogP contribution is -2.41. The summed E-state index contributed by atoms with van der Waals surface area (Å²) in [6, 6.07) is 0. The van der Waals surface area contributed by atoms with E-state index in [2.05, 4.69) is 33.9 Å². The van der Waals surface area contributed by atoms with Crippen LogP contribution in [-0.4, -0.2) is 19.5 Å². The molecule has 0 heterocycles. The number of aliphatic hydroxyl groups is 1. The molecule has 13 heavy (non-hydrogen) atoms. The van der Waals surface area contributed by atoms with Gasteiger partial charge in [-0.3, -0.25) is 0 Å². The highest BCUT2D eigenvalue weighted by Gasteiger charge is 2.37. The van der Waals surface area contributed by atoms with E-state index in [1.807, 2.05) is 6.92 Å². The van der Waals surface area contributed by atoms with Gasteiger partial charge in [0.05, 0.1) is 12.7 Å². The topological polar surface area (TPSA) is 29.5 Å². The molecule has 0 fully saturated rings. The second kappa shape index (κ2) is 4.58. The SMILES string of the molecule is CC[C@@H](O)[CH]O[Si](C)(C)C(C)(C)C. The van der Waals surface area contributed by atoms with Gasteiger partial charge in [0.15, 0.2) is 8.32 Å². The summed E-state index contributed by atoms with van der Waals surface area (Å²) in [7, 11) is -1.70. The Hall–Kier alpha value is 0.137. The van der Waals surface area contributed by atoms with Crippen molar-refractivity contribution < 1.29 is 9.53 Å². The Morgan fingerprint density at radius 2 is 1.85 bits per heavy atom. The lowest BCUT2D eigenvalue weighted by atomic mass is 10.2. The first-order chi connectivity index (χ1) is 5.70. The van der Waals surface area contributed by atoms with Crippen LogP contribution in [0, 0.1) is 6.61 Å². The molecule has 1 atom stereocenters. The van der Waals surface area contributed by atoms with Gasteiger partial charge in [0.25, 0.3) is 0 Å². The van der Waals surface area contributed by atoms with E-state index in [4.69, 9.17) is 4.43 Å². The van der Waals surface area contributed by atoms with Crippen molar-refractivity contribution in [2.24, 2.45) is 0 Å². The first kappa shape index (κ1) is 13.1. The summed E-state index contributed by atoms with van der Waals surface area (Å²) in [5.74, 6) is 0. The third-order valence-corrected chi connectivity index (χ3v) is 7.08. The van der Waals surface area contributed by atoms with Crippen molar-refractivity contribution in [2.45, 2.75) is 58.4 Å². The van der Waals surface area contributed by atoms with Gasteiger partial charge in [-0.25, -0.2) is 0 Å². The van der Waals surface area contributed by atoms with Gasteiger partial charge in [-0.05, 0) is 24.6 Å². The second-order valence-electron chi connectivity index (χ2n) is 4.99. The fourth-order valence-corrected chi connectivity index (χ4v) is 1.37. The van der Waals surface area contributed by atoms with E-state index in [0.29, 0.717) is 6.42 Å². The summed E-state index contributed by atoms with van der Waals surface area (Å²) in [6.45, 7) is 14.4. The monoisotopic (exact) mass is 203 g/mol. The average molecular weight is 203 g/mol. The van der Waals surface area contributed by atoms with Gasteiger partial charge in [-0.1, -0.05) is 27.7 Å². The third kappa shape index (κ3) is 4.25. The Kier molecular flexibility index (Phi) is 4.62. The Balaban J connectivity index is 4.04. The molecule has 0 aromatic heterocycles. The number of hydrogen-bond acceptors (Lipinski definition) is 2. The summed E-state index contributed by atoms with van der Waals surface area (Å²) in [5, 5.41) is 9.53. The van der Waals surface area contributed by atoms with Crippen LogP contribution in [-0.2, 0) is 4.43 Å². The van der Waals surface area contributed by atoms with Crippen molar-refractivity contribution in [2.75, 3.05) is 0 Å². The second-order valence-corrected chi connectivity index (χ2v) is 9.75. The van der Waals surface area contributed by atoms with Crippen LogP contribution in [0.3, 0.4) is 0 Å². The van der Waals surface area contributed by atoms with Gasteiger partial charge in [0.1, 0.15) is 0 Å². The van der Waals surface area contributed by atoms with E-state index < -0.39 is 14.4 Å². The maximum Gasteiger partial charge on any atom is 0.192 e. The molecule has 0 spiro atoms. The molecule has 0 aliphatic rings. The molecule has 0 unspecified atom stereocenters. The fraction of sp³-hybridized carbons (Fsp3) is 0.900. The van der Waals surface area contributed by atoms with Gasteiger partial charge in [-0.15, -0.1) is 0 Å². The summed E-state index contributed by atoms with van der Waals surface area (Å²) < 4.78 is 5.71. The summed E-state index contributed by atoms with van der Waals surface area (Å²) in [6.07, 6.45) is 0.295. The highest BCUT2D eigenvalue weighted by Crippen LogP contribution is 2.37. The van der Waals surface area contributed by atoms with Crippen molar-refractivity contribution in [1.29, 1.82) is 0 Å². The molecule has 0 rings (SSSR count). The van der Waals surface area contributed by atoms with Crippen LogP contribution in [0.5, 0.6) is 0 Å². The minimum absolute atomic E-state index is 0.205. The molecule has 1 N–H and O–H groups in total. The van der Waals surface area contributed by atoms with E-state index in [9.17, 15) is 5.11 Å². The molecule has 0 aliphatic carbocycles. The smallest absolute Gasteiger partial charge is 0.192 e. The van der Waals surface area contributed by atoms with E-state index in [1.165, 1.54) is 0 Å². The molecule has 3 heteroatoms. The molecule has 0 amide bonds. The Morgan fingerprint density at radius 1 is 1.38 bits per heavy atom. The quantitative estimate of drug-likeness (QED) is 0.712. The van der Waals surface area contributed by atoms with Crippen molar-refractivity contribution in [3.8, 4) is 0 Å². The zero-order valence-electron chi connectivity index (χ0n) is 9.72. The van der Waals surface area contributed by atoms with Crippen LogP contribution in [0.1, 0.15) is 34.1 Å². The van der Waals surface area contributed by atoms with E-state index >= 15 is 0 Å². The van der Waals surface area contributed by atoms with Crippen LogP contribution >= 0.6 is 0 Å². The van der Waals surface area contributed by atoms with Gasteiger partial charge >= 0.3 is 0 Å². The van der Waals surface area contributed by atoms with E-state index in [1.54, 1.807) is 6.61 Å². The van der Waals surface area contributed by atoms with Crippen molar-refractivity contribution >= 4 is 8.32 Å². The predicted molar refractivity (Wildman–Crippen MR) is 58.9 cm³/mol. The maximum atomic E-state index is 9.33. The molecule has 0 aromatic carbocycles. The first-order valence-corrected chi connectivity index (χ1v) is 7.80. The molecule has 1 radical (unpaired) electrons. The van der Waals surface area contributed by atoms with Gasteiger partial charge in [0, 0.05) is 0 Å². The zero-order chi connectivity index (χ0) is 10.7. The van der Waals surface area contributed by atoms with Crippen molar-refractivity contribution in [3.63, 3.8) is 0 Å². The summed E-state index contributed by atoms with van der Waals surface area (Å²) >= 11 is 0. The van der Waals surface area contributed by atoms with Gasteiger partial charge < -0.3 is 9.53 Å². The van der Waals surface area contributed by atoms with Crippen LogP contribution < -0.4 is 0 Å². The fourth-order valence-electron chi connectivity index (χ4n) is 0.522.